The fourth-order valence-corrected chi connectivity index (χ4v) is 3.51. The van der Waals surface area contributed by atoms with Gasteiger partial charge in [0, 0.05) is 11.8 Å². The number of carbonyl (C=O) groups is 2. The van der Waals surface area contributed by atoms with Crippen molar-refractivity contribution in [1.29, 1.82) is 0 Å². The van der Waals surface area contributed by atoms with Crippen molar-refractivity contribution >= 4 is 28.3 Å². The molecule has 0 unspecified atom stereocenters. The fraction of sp³-hybridized carbons (Fsp3) is 0.667. The van der Waals surface area contributed by atoms with E-state index in [1.807, 2.05) is 0 Å². The summed E-state index contributed by atoms with van der Waals surface area (Å²) in [5.41, 5.74) is 0.484. The van der Waals surface area contributed by atoms with E-state index < -0.39 is 5.97 Å². The largest absolute Gasteiger partial charge is 0.481 e. The fourth-order valence-electron chi connectivity index (χ4n) is 2.79. The van der Waals surface area contributed by atoms with Gasteiger partial charge in [0.15, 0.2) is 5.13 Å². The second-order valence-electron chi connectivity index (χ2n) is 6.89. The number of hydrogen-bond donors (Lipinski definition) is 2. The molecule has 6 heteroatoms. The summed E-state index contributed by atoms with van der Waals surface area (Å²) in [4.78, 5) is 26.6. The Hall–Kier alpha value is -1.69. The number of nitrogens with one attached hydrogen (secondary N) is 1. The molecule has 0 radical (unpaired) electrons. The molecule has 0 saturated heterocycles. The van der Waals surface area contributed by atoms with E-state index >= 15 is 0 Å². The zero-order valence-corrected chi connectivity index (χ0v) is 17.4. The van der Waals surface area contributed by atoms with Gasteiger partial charge in [-0.25, -0.2) is 4.98 Å². The summed E-state index contributed by atoms with van der Waals surface area (Å²) >= 11 is 1.27. The molecular formula is C21H34N2O3S. The Morgan fingerprint density at radius 3 is 2.33 bits per heavy atom. The Kier molecular flexibility index (Phi) is 13.3. The summed E-state index contributed by atoms with van der Waals surface area (Å²) < 4.78 is 0. The number of rotatable bonds is 16. The van der Waals surface area contributed by atoms with E-state index in [1.54, 1.807) is 5.38 Å². The van der Waals surface area contributed by atoms with E-state index in [9.17, 15) is 9.59 Å². The predicted molar refractivity (Wildman–Crippen MR) is 112 cm³/mol. The number of carbonyl (C=O) groups excluding carboxylic acids is 1. The molecule has 2 N–H and O–H groups in total. The molecule has 1 heterocycles. The lowest BCUT2D eigenvalue weighted by atomic mass is 10.1. The number of thiazole rings is 1. The van der Waals surface area contributed by atoms with Crippen molar-refractivity contribution in [2.24, 2.45) is 0 Å². The number of carboxylic acid groups (broad SMARTS) is 1. The van der Waals surface area contributed by atoms with Crippen molar-refractivity contribution in [3.63, 3.8) is 0 Å². The zero-order chi connectivity index (χ0) is 19.7. The molecule has 152 valence electrons. The molecule has 1 amide bonds. The van der Waals surface area contributed by atoms with Crippen molar-refractivity contribution in [1.82, 2.24) is 4.98 Å². The van der Waals surface area contributed by atoms with Gasteiger partial charge in [-0.2, -0.15) is 0 Å². The Morgan fingerprint density at radius 2 is 1.67 bits per heavy atom. The Balaban J connectivity index is 1.95. The zero-order valence-electron chi connectivity index (χ0n) is 16.5. The number of aliphatic carboxylic acids is 1. The van der Waals surface area contributed by atoms with Crippen molar-refractivity contribution in [3.05, 3.63) is 23.2 Å². The smallest absolute Gasteiger partial charge is 0.309 e. The highest BCUT2D eigenvalue weighted by molar-refractivity contribution is 7.13. The Morgan fingerprint density at radius 1 is 1.04 bits per heavy atom. The molecule has 0 saturated carbocycles. The van der Waals surface area contributed by atoms with Gasteiger partial charge in [-0.3, -0.25) is 9.59 Å². The molecule has 0 aliphatic rings. The van der Waals surface area contributed by atoms with Gasteiger partial charge in [0.2, 0.25) is 5.91 Å². The minimum atomic E-state index is -0.916. The Labute approximate surface area is 167 Å². The van der Waals surface area contributed by atoms with Gasteiger partial charge < -0.3 is 10.4 Å². The van der Waals surface area contributed by atoms with Crippen LogP contribution in [0.25, 0.3) is 0 Å². The van der Waals surface area contributed by atoms with E-state index in [0.717, 1.165) is 25.7 Å². The minimum absolute atomic E-state index is 0.0442. The van der Waals surface area contributed by atoms with Gasteiger partial charge in [-0.1, -0.05) is 57.6 Å². The molecule has 0 spiro atoms. The average molecular weight is 395 g/mol. The van der Waals surface area contributed by atoms with Crippen LogP contribution in [0.15, 0.2) is 17.5 Å². The van der Waals surface area contributed by atoms with Crippen molar-refractivity contribution in [2.45, 2.75) is 90.4 Å². The van der Waals surface area contributed by atoms with Gasteiger partial charge in [-0.15, -0.1) is 11.3 Å². The third kappa shape index (κ3) is 13.2. The van der Waals surface area contributed by atoms with Crippen LogP contribution in [-0.4, -0.2) is 22.0 Å². The second-order valence-corrected chi connectivity index (χ2v) is 7.75. The van der Waals surface area contributed by atoms with E-state index in [-0.39, 0.29) is 12.3 Å². The number of carboxylic acids is 1. The molecule has 5 nitrogen and oxygen atoms in total. The number of aromatic nitrogens is 1. The van der Waals surface area contributed by atoms with Crippen LogP contribution >= 0.6 is 11.3 Å². The maximum Gasteiger partial charge on any atom is 0.309 e. The molecule has 0 bridgehead atoms. The molecule has 1 aromatic rings. The van der Waals surface area contributed by atoms with E-state index in [0.29, 0.717) is 17.2 Å². The normalized spacial score (nSPS) is 11.1. The molecule has 0 aliphatic carbocycles. The first-order valence-corrected chi connectivity index (χ1v) is 11.1. The summed E-state index contributed by atoms with van der Waals surface area (Å²) in [7, 11) is 0. The number of anilines is 1. The van der Waals surface area contributed by atoms with Gasteiger partial charge in [0.25, 0.3) is 0 Å². The van der Waals surface area contributed by atoms with Gasteiger partial charge in [0.1, 0.15) is 0 Å². The quantitative estimate of drug-likeness (QED) is 0.267. The number of unbranched alkanes of at least 4 members (excludes halogenated alkanes) is 9. The predicted octanol–water partition coefficient (Wildman–Crippen LogP) is 5.97. The molecule has 0 aliphatic heterocycles. The van der Waals surface area contributed by atoms with Gasteiger partial charge in [-0.05, 0) is 32.1 Å². The minimum Gasteiger partial charge on any atom is -0.481 e. The van der Waals surface area contributed by atoms with E-state index in [4.69, 9.17) is 5.11 Å². The van der Waals surface area contributed by atoms with Gasteiger partial charge in [0.05, 0.1) is 12.1 Å². The van der Waals surface area contributed by atoms with Crippen LogP contribution < -0.4 is 5.32 Å². The van der Waals surface area contributed by atoms with Crippen molar-refractivity contribution in [3.8, 4) is 0 Å². The summed E-state index contributed by atoms with van der Waals surface area (Å²) in [5.74, 6) is -0.960. The summed E-state index contributed by atoms with van der Waals surface area (Å²) in [6.45, 7) is 2.24. The lowest BCUT2D eigenvalue weighted by Gasteiger charge is -2.02. The highest BCUT2D eigenvalue weighted by atomic mass is 32.1. The monoisotopic (exact) mass is 394 g/mol. The molecular weight excluding hydrogens is 360 g/mol. The Bertz CT molecular complexity index is 570. The standard InChI is InChI=1S/C21H34N2O3S/c1-2-3-4-5-6-7-8-9-10-11-12-13-14-15-19(24)23-21-22-18(17-27-21)16-20(25)26/h7-8,17H,2-6,9-16H2,1H3,(H,25,26)(H,22,23,24)/b8-7+. The first kappa shape index (κ1) is 23.3. The van der Waals surface area contributed by atoms with Crippen molar-refractivity contribution in [2.75, 3.05) is 5.32 Å². The molecule has 0 atom stereocenters. The third-order valence-corrected chi connectivity index (χ3v) is 5.10. The van der Waals surface area contributed by atoms with Crippen LogP contribution in [-0.2, 0) is 16.0 Å². The second kappa shape index (κ2) is 15.4. The van der Waals surface area contributed by atoms with Gasteiger partial charge >= 0.3 is 5.97 Å². The maximum absolute atomic E-state index is 11.9. The van der Waals surface area contributed by atoms with Crippen LogP contribution in [0.1, 0.15) is 89.7 Å². The average Bonchev–Trinajstić information content (AvgIpc) is 3.05. The number of amides is 1. The topological polar surface area (TPSA) is 79.3 Å². The van der Waals surface area contributed by atoms with Crippen LogP contribution in [0.5, 0.6) is 0 Å². The first-order valence-electron chi connectivity index (χ1n) is 10.2. The number of allylic oxidation sites excluding steroid dienone is 2. The lowest BCUT2D eigenvalue weighted by molar-refractivity contribution is -0.136. The van der Waals surface area contributed by atoms with Crippen LogP contribution in [0.4, 0.5) is 5.13 Å². The molecule has 0 fully saturated rings. The third-order valence-electron chi connectivity index (χ3n) is 4.30. The summed E-state index contributed by atoms with van der Waals surface area (Å²) in [6.07, 6.45) is 18.2. The van der Waals surface area contributed by atoms with Crippen LogP contribution in [0.3, 0.4) is 0 Å². The summed E-state index contributed by atoms with van der Waals surface area (Å²) in [6, 6.07) is 0. The van der Waals surface area contributed by atoms with E-state index in [2.05, 4.69) is 29.4 Å². The highest BCUT2D eigenvalue weighted by Crippen LogP contribution is 2.16. The lowest BCUT2D eigenvalue weighted by Crippen LogP contribution is -2.11. The maximum atomic E-state index is 11.9. The first-order chi connectivity index (χ1) is 13.1. The molecule has 27 heavy (non-hydrogen) atoms. The number of hydrogen-bond acceptors (Lipinski definition) is 4. The SMILES string of the molecule is CCCCCC/C=C/CCCCCCCC(=O)Nc1nc(CC(=O)O)cs1. The van der Waals surface area contributed by atoms with E-state index in [1.165, 1.54) is 56.3 Å². The molecule has 1 aromatic heterocycles. The van der Waals surface area contributed by atoms with Crippen LogP contribution in [0.2, 0.25) is 0 Å². The summed E-state index contributed by atoms with van der Waals surface area (Å²) in [5, 5.41) is 13.6. The highest BCUT2D eigenvalue weighted by Gasteiger charge is 2.08. The van der Waals surface area contributed by atoms with Crippen LogP contribution in [0, 0.1) is 0 Å². The molecule has 1 rings (SSSR count). The molecule has 0 aromatic carbocycles. The number of nitrogens with zero attached hydrogens (tertiary/aromatic N) is 1. The van der Waals surface area contributed by atoms with Crippen molar-refractivity contribution < 1.29 is 14.7 Å².